The summed E-state index contributed by atoms with van der Waals surface area (Å²) in [7, 11) is 0. The highest BCUT2D eigenvalue weighted by atomic mass is 79.9. The number of nitrogens with zero attached hydrogens (tertiary/aromatic N) is 2. The summed E-state index contributed by atoms with van der Waals surface area (Å²) in [5, 5.41) is 14.9. The maximum atomic E-state index is 13.1. The van der Waals surface area contributed by atoms with Gasteiger partial charge in [-0.1, -0.05) is 13.8 Å². The fourth-order valence-electron chi connectivity index (χ4n) is 3.67. The summed E-state index contributed by atoms with van der Waals surface area (Å²) in [5.41, 5.74) is 0. The maximum absolute atomic E-state index is 13.1. The Labute approximate surface area is 181 Å². The molecule has 0 saturated carbocycles. The van der Waals surface area contributed by atoms with Crippen molar-refractivity contribution in [1.82, 2.24) is 15.3 Å². The Kier molecular flexibility index (Phi) is 10.0. The zero-order valence-electron chi connectivity index (χ0n) is 17.3. The van der Waals surface area contributed by atoms with Crippen molar-refractivity contribution >= 4 is 40.7 Å². The third-order valence-corrected chi connectivity index (χ3v) is 5.15. The Bertz CT molecular complexity index is 615. The lowest BCUT2D eigenvalue weighted by Crippen LogP contribution is -2.62. The van der Waals surface area contributed by atoms with Gasteiger partial charge in [0, 0.05) is 13.0 Å². The second kappa shape index (κ2) is 11.5. The van der Waals surface area contributed by atoms with E-state index in [2.05, 4.69) is 5.32 Å². The van der Waals surface area contributed by atoms with Crippen molar-refractivity contribution in [1.29, 1.82) is 0 Å². The molecule has 2 fully saturated rings. The van der Waals surface area contributed by atoms with E-state index in [1.165, 1.54) is 5.01 Å². The summed E-state index contributed by atoms with van der Waals surface area (Å²) in [5.74, 6) is -1.93. The number of hydrazine groups is 1. The van der Waals surface area contributed by atoms with Crippen LogP contribution >= 0.6 is 17.0 Å². The van der Waals surface area contributed by atoms with E-state index in [0.29, 0.717) is 31.7 Å². The quantitative estimate of drug-likeness (QED) is 0.508. The number of aliphatic carboxylic acids is 1. The molecule has 10 heteroatoms. The van der Waals surface area contributed by atoms with Crippen molar-refractivity contribution in [3.8, 4) is 0 Å². The minimum atomic E-state index is -1.13. The topological polar surface area (TPSA) is 116 Å². The minimum Gasteiger partial charge on any atom is -0.480 e. The van der Waals surface area contributed by atoms with Gasteiger partial charge in [-0.15, -0.1) is 17.0 Å². The van der Waals surface area contributed by atoms with Gasteiger partial charge in [0.05, 0.1) is 12.6 Å². The number of ether oxygens (including phenoxy) is 1. The first kappa shape index (κ1) is 25.4. The molecule has 0 aromatic rings. The predicted octanol–water partition coefficient (Wildman–Crippen LogP) is 1.50. The molecule has 0 spiro atoms. The number of carbonyl (C=O) groups is 4. The first-order valence-electron chi connectivity index (χ1n) is 10.0. The third kappa shape index (κ3) is 6.40. The lowest BCUT2D eigenvalue weighted by molar-refractivity contribution is -0.181. The summed E-state index contributed by atoms with van der Waals surface area (Å²) in [6.45, 7) is 6.37. The minimum absolute atomic E-state index is 0. The number of carboxylic acids is 1. The molecule has 3 atom stereocenters. The standard InChI is InChI=1S/C19H31N3O6.BrH/c1-4-28-19(27)14(8-7-12(2)3)20-13-9-10-16(23)21-11-5-6-15(18(25)26)22(21)17(13)24;/h12-15,20H,4-11H2,1-3H3,(H,25,26);1H/t13-,14+,15-;/m0./s1. The van der Waals surface area contributed by atoms with E-state index in [1.54, 1.807) is 6.92 Å². The Morgan fingerprint density at radius 2 is 1.93 bits per heavy atom. The number of amides is 2. The number of halogens is 1. The Balaban J connectivity index is 0.00000420. The smallest absolute Gasteiger partial charge is 0.328 e. The average molecular weight is 478 g/mol. The van der Waals surface area contributed by atoms with Crippen molar-refractivity contribution in [2.24, 2.45) is 5.92 Å². The molecule has 0 unspecified atom stereocenters. The molecule has 0 bridgehead atoms. The summed E-state index contributed by atoms with van der Waals surface area (Å²) in [6, 6.07) is -2.55. The molecule has 2 saturated heterocycles. The predicted molar refractivity (Wildman–Crippen MR) is 110 cm³/mol. The molecule has 0 radical (unpaired) electrons. The zero-order chi connectivity index (χ0) is 20.8. The van der Waals surface area contributed by atoms with Crippen molar-refractivity contribution in [3.63, 3.8) is 0 Å². The normalized spacial score (nSPS) is 23.2. The highest BCUT2D eigenvalue weighted by Gasteiger charge is 2.45. The van der Waals surface area contributed by atoms with E-state index in [0.717, 1.165) is 11.4 Å². The third-order valence-electron chi connectivity index (χ3n) is 5.15. The van der Waals surface area contributed by atoms with Crippen LogP contribution in [-0.2, 0) is 23.9 Å². The number of hydrogen-bond acceptors (Lipinski definition) is 6. The van der Waals surface area contributed by atoms with E-state index in [4.69, 9.17) is 4.74 Å². The van der Waals surface area contributed by atoms with Gasteiger partial charge in [0.15, 0.2) is 6.04 Å². The molecular weight excluding hydrogens is 446 g/mol. The van der Waals surface area contributed by atoms with E-state index >= 15 is 0 Å². The second-order valence-corrected chi connectivity index (χ2v) is 7.73. The van der Waals surface area contributed by atoms with Crippen LogP contribution in [0.1, 0.15) is 59.3 Å². The van der Waals surface area contributed by atoms with E-state index in [-0.39, 0.29) is 42.3 Å². The van der Waals surface area contributed by atoms with Crippen molar-refractivity contribution in [2.75, 3.05) is 13.2 Å². The Morgan fingerprint density at radius 1 is 1.24 bits per heavy atom. The van der Waals surface area contributed by atoms with Crippen LogP contribution < -0.4 is 5.32 Å². The van der Waals surface area contributed by atoms with Gasteiger partial charge < -0.3 is 9.84 Å². The molecule has 0 aromatic heterocycles. The molecule has 166 valence electrons. The molecule has 2 aliphatic rings. The molecule has 2 amide bonds. The monoisotopic (exact) mass is 477 g/mol. The summed E-state index contributed by atoms with van der Waals surface area (Å²) >= 11 is 0. The molecule has 0 aromatic carbocycles. The van der Waals surface area contributed by atoms with Crippen LogP contribution in [0.15, 0.2) is 0 Å². The highest BCUT2D eigenvalue weighted by Crippen LogP contribution is 2.25. The van der Waals surface area contributed by atoms with Gasteiger partial charge in [-0.05, 0) is 44.9 Å². The van der Waals surface area contributed by atoms with Crippen LogP contribution in [0.2, 0.25) is 0 Å². The van der Waals surface area contributed by atoms with Gasteiger partial charge in [-0.3, -0.25) is 24.7 Å². The van der Waals surface area contributed by atoms with Gasteiger partial charge in [-0.25, -0.2) is 9.80 Å². The lowest BCUT2D eigenvalue weighted by atomic mass is 10.0. The zero-order valence-corrected chi connectivity index (χ0v) is 19.0. The number of carbonyl (C=O) groups excluding carboxylic acids is 3. The number of esters is 1. The van der Waals surface area contributed by atoms with Gasteiger partial charge in [0.25, 0.3) is 5.91 Å². The SMILES string of the molecule is Br.CCOC(=O)[C@@H](CCC(C)C)N[C@H]1CCC(=O)N2CCC[C@@H](C(=O)O)N2C1=O. The average Bonchev–Trinajstić information content (AvgIpc) is 2.76. The van der Waals surface area contributed by atoms with Gasteiger partial charge >= 0.3 is 11.9 Å². The van der Waals surface area contributed by atoms with E-state index < -0.39 is 36.0 Å². The first-order valence-corrected chi connectivity index (χ1v) is 10.0. The molecule has 2 N–H and O–H groups in total. The number of fused-ring (bicyclic) bond motifs is 1. The molecular formula is C19H32BrN3O6. The number of hydrogen-bond donors (Lipinski definition) is 2. The molecule has 0 aliphatic carbocycles. The van der Waals surface area contributed by atoms with Crippen LogP contribution in [0.25, 0.3) is 0 Å². The van der Waals surface area contributed by atoms with Crippen LogP contribution in [-0.4, -0.2) is 70.2 Å². The van der Waals surface area contributed by atoms with Crippen LogP contribution in [0.3, 0.4) is 0 Å². The summed E-state index contributed by atoms with van der Waals surface area (Å²) in [4.78, 5) is 49.6. The largest absolute Gasteiger partial charge is 0.480 e. The highest BCUT2D eigenvalue weighted by molar-refractivity contribution is 8.93. The fourth-order valence-corrected chi connectivity index (χ4v) is 3.67. The van der Waals surface area contributed by atoms with Crippen molar-refractivity contribution in [3.05, 3.63) is 0 Å². The van der Waals surface area contributed by atoms with Crippen molar-refractivity contribution < 1.29 is 29.0 Å². The van der Waals surface area contributed by atoms with Crippen LogP contribution in [0.5, 0.6) is 0 Å². The molecule has 29 heavy (non-hydrogen) atoms. The van der Waals surface area contributed by atoms with E-state index in [9.17, 15) is 24.3 Å². The molecule has 2 rings (SSSR count). The second-order valence-electron chi connectivity index (χ2n) is 7.73. The van der Waals surface area contributed by atoms with Gasteiger partial charge in [0.1, 0.15) is 6.04 Å². The first-order chi connectivity index (χ1) is 13.3. The van der Waals surface area contributed by atoms with Crippen molar-refractivity contribution in [2.45, 2.75) is 77.4 Å². The molecule has 2 heterocycles. The number of nitrogens with one attached hydrogen (secondary N) is 1. The Morgan fingerprint density at radius 3 is 2.52 bits per heavy atom. The summed E-state index contributed by atoms with van der Waals surface area (Å²) < 4.78 is 5.13. The maximum Gasteiger partial charge on any atom is 0.328 e. The molecule has 9 nitrogen and oxygen atoms in total. The lowest BCUT2D eigenvalue weighted by Gasteiger charge is -2.42. The van der Waals surface area contributed by atoms with E-state index in [1.807, 2.05) is 13.8 Å². The molecule has 2 aliphatic heterocycles. The van der Waals surface area contributed by atoms with Gasteiger partial charge in [0.2, 0.25) is 5.91 Å². The van der Waals surface area contributed by atoms with Crippen LogP contribution in [0.4, 0.5) is 0 Å². The Hall–Kier alpha value is -1.68. The van der Waals surface area contributed by atoms with Crippen LogP contribution in [0, 0.1) is 5.92 Å². The fraction of sp³-hybridized carbons (Fsp3) is 0.789. The number of carboxylic acid groups (broad SMARTS) is 1. The number of rotatable bonds is 8. The van der Waals surface area contributed by atoms with Gasteiger partial charge in [-0.2, -0.15) is 0 Å². The summed E-state index contributed by atoms with van der Waals surface area (Å²) in [6.07, 6.45) is 2.43.